The van der Waals surface area contributed by atoms with Crippen molar-refractivity contribution < 1.29 is 9.90 Å². The van der Waals surface area contributed by atoms with Gasteiger partial charge in [-0.15, -0.1) is 11.3 Å². The van der Waals surface area contributed by atoms with Gasteiger partial charge in [-0.05, 0) is 17.7 Å². The monoisotopic (exact) mass is 308 g/mol. The summed E-state index contributed by atoms with van der Waals surface area (Å²) in [5.74, 6) is -0.988. The van der Waals surface area contributed by atoms with Gasteiger partial charge in [-0.1, -0.05) is 23.7 Å². The predicted octanol–water partition coefficient (Wildman–Crippen LogP) is 3.53. The Hall–Kier alpha value is -1.85. The topological polar surface area (TPSA) is 53.4 Å². The molecule has 0 amide bonds. The zero-order valence-electron chi connectivity index (χ0n) is 10.8. The van der Waals surface area contributed by atoms with Crippen molar-refractivity contribution in [3.05, 3.63) is 51.4 Å². The smallest absolute Gasteiger partial charge is 0.328 e. The molecule has 0 radical (unpaired) electrons. The third kappa shape index (κ3) is 3.59. The molecule has 104 valence electrons. The van der Waals surface area contributed by atoms with Gasteiger partial charge < -0.3 is 10.0 Å². The molecule has 1 aromatic heterocycles. The number of hydrogen-bond donors (Lipinski definition) is 1. The van der Waals surface area contributed by atoms with Gasteiger partial charge in [0.2, 0.25) is 0 Å². The fourth-order valence-electron chi connectivity index (χ4n) is 1.87. The van der Waals surface area contributed by atoms with Crippen LogP contribution in [0, 0.1) is 0 Å². The fourth-order valence-corrected chi connectivity index (χ4v) is 2.74. The van der Waals surface area contributed by atoms with Crippen LogP contribution in [0.25, 0.3) is 6.08 Å². The summed E-state index contributed by atoms with van der Waals surface area (Å²) in [5, 5.41) is 11.3. The first kappa shape index (κ1) is 14.6. The highest BCUT2D eigenvalue weighted by Crippen LogP contribution is 2.31. The van der Waals surface area contributed by atoms with E-state index < -0.39 is 5.97 Å². The number of rotatable bonds is 5. The van der Waals surface area contributed by atoms with Gasteiger partial charge in [0.05, 0.1) is 28.5 Å². The molecule has 1 aromatic carbocycles. The van der Waals surface area contributed by atoms with Gasteiger partial charge in [-0.2, -0.15) is 0 Å². The molecule has 4 nitrogen and oxygen atoms in total. The average molecular weight is 309 g/mol. The van der Waals surface area contributed by atoms with E-state index in [9.17, 15) is 4.79 Å². The lowest BCUT2D eigenvalue weighted by Gasteiger charge is -2.22. The second kappa shape index (κ2) is 6.54. The Morgan fingerprint density at radius 2 is 2.35 bits per heavy atom. The molecule has 0 bridgehead atoms. The third-order valence-corrected chi connectivity index (χ3v) is 3.63. The Kier molecular flexibility index (Phi) is 4.76. The van der Waals surface area contributed by atoms with Crippen molar-refractivity contribution in [2.45, 2.75) is 6.54 Å². The largest absolute Gasteiger partial charge is 0.478 e. The van der Waals surface area contributed by atoms with Crippen LogP contribution in [0.2, 0.25) is 5.02 Å². The van der Waals surface area contributed by atoms with Crippen LogP contribution in [0.5, 0.6) is 0 Å². The summed E-state index contributed by atoms with van der Waals surface area (Å²) in [6.45, 7) is 0.612. The van der Waals surface area contributed by atoms with Gasteiger partial charge in [0.25, 0.3) is 0 Å². The predicted molar refractivity (Wildman–Crippen MR) is 82.3 cm³/mol. The lowest BCUT2D eigenvalue weighted by molar-refractivity contribution is -0.131. The Balaban J connectivity index is 2.31. The van der Waals surface area contributed by atoms with E-state index >= 15 is 0 Å². The summed E-state index contributed by atoms with van der Waals surface area (Å²) in [4.78, 5) is 16.8. The lowest BCUT2D eigenvalue weighted by Crippen LogP contribution is -2.18. The molecule has 0 saturated carbocycles. The van der Waals surface area contributed by atoms with Gasteiger partial charge >= 0.3 is 5.97 Å². The molecule has 0 fully saturated rings. The van der Waals surface area contributed by atoms with Crippen molar-refractivity contribution in [2.75, 3.05) is 11.9 Å². The zero-order valence-corrected chi connectivity index (χ0v) is 12.4. The first-order chi connectivity index (χ1) is 9.58. The molecule has 0 atom stereocenters. The number of halogens is 1. The van der Waals surface area contributed by atoms with E-state index in [2.05, 4.69) is 4.98 Å². The van der Waals surface area contributed by atoms with Crippen LogP contribution in [0.15, 0.2) is 35.2 Å². The number of hydrogen-bond acceptors (Lipinski definition) is 4. The number of carboxylic acids is 1. The van der Waals surface area contributed by atoms with Gasteiger partial charge in [-0.25, -0.2) is 9.78 Å². The quantitative estimate of drug-likeness (QED) is 0.859. The number of benzene rings is 1. The highest BCUT2D eigenvalue weighted by atomic mass is 35.5. The van der Waals surface area contributed by atoms with E-state index in [0.717, 1.165) is 23.0 Å². The SMILES string of the molecule is CN(Cc1cscn1)c1c(Cl)cccc1/C=C/C(=O)O. The molecule has 0 saturated heterocycles. The third-order valence-electron chi connectivity index (χ3n) is 2.69. The standard InChI is InChI=1S/C14H13ClN2O2S/c1-17(7-11-8-20-9-16-11)14-10(5-6-13(18)19)3-2-4-12(14)15/h2-6,8-9H,7H2,1H3,(H,18,19)/b6-5+. The van der Waals surface area contributed by atoms with Crippen LogP contribution in [-0.2, 0) is 11.3 Å². The summed E-state index contributed by atoms with van der Waals surface area (Å²) < 4.78 is 0. The van der Waals surface area contributed by atoms with Gasteiger partial charge in [0.1, 0.15) is 0 Å². The summed E-state index contributed by atoms with van der Waals surface area (Å²) in [6, 6.07) is 5.41. The Morgan fingerprint density at radius 1 is 1.55 bits per heavy atom. The van der Waals surface area contributed by atoms with Crippen molar-refractivity contribution in [1.82, 2.24) is 4.98 Å². The van der Waals surface area contributed by atoms with Crippen LogP contribution in [0.1, 0.15) is 11.3 Å². The minimum atomic E-state index is -0.988. The Morgan fingerprint density at radius 3 is 3.00 bits per heavy atom. The second-order valence-electron chi connectivity index (χ2n) is 4.19. The van der Waals surface area contributed by atoms with Crippen molar-refractivity contribution in [3.8, 4) is 0 Å². The first-order valence-corrected chi connectivity index (χ1v) is 7.17. The minimum absolute atomic E-state index is 0.579. The highest BCUT2D eigenvalue weighted by Gasteiger charge is 2.11. The lowest BCUT2D eigenvalue weighted by atomic mass is 10.1. The van der Waals surface area contributed by atoms with E-state index in [-0.39, 0.29) is 0 Å². The molecule has 1 N–H and O–H groups in total. The van der Waals surface area contributed by atoms with E-state index in [0.29, 0.717) is 11.6 Å². The number of carbonyl (C=O) groups is 1. The molecule has 2 rings (SSSR count). The molecule has 2 aromatic rings. The van der Waals surface area contributed by atoms with Crippen LogP contribution >= 0.6 is 22.9 Å². The molecule has 20 heavy (non-hydrogen) atoms. The van der Waals surface area contributed by atoms with Crippen molar-refractivity contribution in [2.24, 2.45) is 0 Å². The molecule has 0 aliphatic rings. The molecular formula is C14H13ClN2O2S. The van der Waals surface area contributed by atoms with Gasteiger partial charge in [0, 0.05) is 18.5 Å². The first-order valence-electron chi connectivity index (χ1n) is 5.85. The molecule has 0 unspecified atom stereocenters. The van der Waals surface area contributed by atoms with Crippen LogP contribution in [-0.4, -0.2) is 23.1 Å². The molecule has 1 heterocycles. The minimum Gasteiger partial charge on any atom is -0.478 e. The van der Waals surface area contributed by atoms with Crippen molar-refractivity contribution in [1.29, 1.82) is 0 Å². The summed E-state index contributed by atoms with van der Waals surface area (Å²) >= 11 is 7.78. The van der Waals surface area contributed by atoms with E-state index in [1.54, 1.807) is 23.7 Å². The zero-order chi connectivity index (χ0) is 14.5. The van der Waals surface area contributed by atoms with Crippen molar-refractivity contribution >= 4 is 40.7 Å². The summed E-state index contributed by atoms with van der Waals surface area (Å²) in [5.41, 5.74) is 4.28. The maximum Gasteiger partial charge on any atom is 0.328 e. The van der Waals surface area contributed by atoms with E-state index in [1.807, 2.05) is 23.4 Å². The molecule has 0 spiro atoms. The fraction of sp³-hybridized carbons (Fsp3) is 0.143. The van der Waals surface area contributed by atoms with Crippen molar-refractivity contribution in [3.63, 3.8) is 0 Å². The molecule has 6 heteroatoms. The van der Waals surface area contributed by atoms with E-state index in [4.69, 9.17) is 16.7 Å². The normalized spacial score (nSPS) is 10.9. The highest BCUT2D eigenvalue weighted by molar-refractivity contribution is 7.07. The number of carboxylic acid groups (broad SMARTS) is 1. The number of aliphatic carboxylic acids is 1. The van der Waals surface area contributed by atoms with E-state index in [1.165, 1.54) is 11.3 Å². The van der Waals surface area contributed by atoms with Crippen LogP contribution < -0.4 is 4.90 Å². The van der Waals surface area contributed by atoms with Crippen LogP contribution in [0.4, 0.5) is 5.69 Å². The molecule has 0 aliphatic carbocycles. The van der Waals surface area contributed by atoms with Gasteiger partial charge in [-0.3, -0.25) is 0 Å². The second-order valence-corrected chi connectivity index (χ2v) is 5.31. The summed E-state index contributed by atoms with van der Waals surface area (Å²) in [6.07, 6.45) is 2.65. The average Bonchev–Trinajstić information content (AvgIpc) is 2.88. The Bertz CT molecular complexity index is 626. The maximum atomic E-state index is 10.7. The number of thiazole rings is 1. The number of nitrogens with zero attached hydrogens (tertiary/aromatic N) is 2. The molecule has 0 aliphatic heterocycles. The Labute approximate surface area is 126 Å². The molecular weight excluding hydrogens is 296 g/mol. The van der Waals surface area contributed by atoms with Crippen LogP contribution in [0.3, 0.4) is 0 Å². The number of aromatic nitrogens is 1. The maximum absolute atomic E-state index is 10.7. The number of para-hydroxylation sites is 1. The van der Waals surface area contributed by atoms with Gasteiger partial charge in [0.15, 0.2) is 0 Å². The summed E-state index contributed by atoms with van der Waals surface area (Å²) in [7, 11) is 1.90. The number of anilines is 1.